The zero-order valence-corrected chi connectivity index (χ0v) is 12.5. The van der Waals surface area contributed by atoms with Crippen LogP contribution in [0.5, 0.6) is 0 Å². The lowest BCUT2D eigenvalue weighted by molar-refractivity contribution is 0.906. The Balaban J connectivity index is 1.79. The van der Waals surface area contributed by atoms with Gasteiger partial charge in [0.15, 0.2) is 0 Å². The van der Waals surface area contributed by atoms with Crippen LogP contribution in [0.4, 0.5) is 5.69 Å². The Morgan fingerprint density at radius 2 is 1.80 bits per heavy atom. The van der Waals surface area contributed by atoms with E-state index in [1.807, 2.05) is 6.07 Å². The van der Waals surface area contributed by atoms with Gasteiger partial charge in [-0.2, -0.15) is 0 Å². The molecule has 0 saturated heterocycles. The van der Waals surface area contributed by atoms with E-state index in [4.69, 9.17) is 4.99 Å². The first-order valence-corrected chi connectivity index (χ1v) is 7.52. The van der Waals surface area contributed by atoms with Gasteiger partial charge < -0.3 is 4.90 Å². The highest BCUT2D eigenvalue weighted by atomic mass is 79.9. The smallest absolute Gasteiger partial charge is 0.0838 e. The summed E-state index contributed by atoms with van der Waals surface area (Å²) >= 11 is 3.48. The van der Waals surface area contributed by atoms with Crippen molar-refractivity contribution in [2.75, 3.05) is 11.4 Å². The fraction of sp³-hybridized carbons (Fsp3) is 0.118. The number of hydrogen-bond acceptors (Lipinski definition) is 2. The number of benzene rings is 2. The molecular weight excluding hydrogens is 312 g/mol. The molecule has 2 aromatic rings. The van der Waals surface area contributed by atoms with Crippen molar-refractivity contribution < 1.29 is 0 Å². The molecule has 0 saturated carbocycles. The zero-order valence-electron chi connectivity index (χ0n) is 10.9. The lowest BCUT2D eigenvalue weighted by atomic mass is 10.0. The number of para-hydroxylation sites is 1. The van der Waals surface area contributed by atoms with E-state index in [2.05, 4.69) is 69.5 Å². The van der Waals surface area contributed by atoms with E-state index in [9.17, 15) is 0 Å². The third-order valence-corrected chi connectivity index (χ3v) is 4.35. The minimum absolute atomic E-state index is 1.00. The summed E-state index contributed by atoms with van der Waals surface area (Å²) in [4.78, 5) is 7.02. The number of allylic oxidation sites excluding steroid dienone is 1. The van der Waals surface area contributed by atoms with Gasteiger partial charge in [-0.1, -0.05) is 34.1 Å². The van der Waals surface area contributed by atoms with Crippen LogP contribution in [0, 0.1) is 0 Å². The van der Waals surface area contributed by atoms with Gasteiger partial charge in [0.1, 0.15) is 0 Å². The number of nitrogens with zero attached hydrogens (tertiary/aromatic N) is 2. The van der Waals surface area contributed by atoms with E-state index in [1.165, 1.54) is 16.5 Å². The van der Waals surface area contributed by atoms with E-state index >= 15 is 0 Å². The molecule has 2 nitrogen and oxygen atoms in total. The standard InChI is InChI=1S/C17H13BrN2/c18-12-5-7-13(8-6-12)20-10-9-15-14-3-1-2-4-16(14)19-17(15)11-20/h1-8,11H,9-10H2. The summed E-state index contributed by atoms with van der Waals surface area (Å²) in [6.45, 7) is 1.00. The maximum absolute atomic E-state index is 4.74. The van der Waals surface area contributed by atoms with Gasteiger partial charge in [0, 0.05) is 28.1 Å². The molecule has 2 heterocycles. The molecule has 0 fully saturated rings. The Hall–Kier alpha value is -1.87. The maximum atomic E-state index is 4.74. The topological polar surface area (TPSA) is 15.6 Å². The van der Waals surface area contributed by atoms with Crippen LogP contribution in [0.15, 0.2) is 69.9 Å². The fourth-order valence-electron chi connectivity index (χ4n) is 2.81. The number of rotatable bonds is 1. The summed E-state index contributed by atoms with van der Waals surface area (Å²) in [5.41, 5.74) is 3.71. The van der Waals surface area contributed by atoms with E-state index in [0.29, 0.717) is 0 Å². The second-order valence-corrected chi connectivity index (χ2v) is 5.96. The summed E-state index contributed by atoms with van der Waals surface area (Å²) < 4.78 is 1.11. The second kappa shape index (κ2) is 4.60. The molecule has 0 aliphatic carbocycles. The average Bonchev–Trinajstić information content (AvgIpc) is 2.85. The molecule has 0 amide bonds. The third kappa shape index (κ3) is 1.90. The lowest BCUT2D eigenvalue weighted by Gasteiger charge is -2.26. The molecule has 3 heteroatoms. The van der Waals surface area contributed by atoms with Crippen LogP contribution in [0.3, 0.4) is 0 Å². The molecule has 0 bridgehead atoms. The molecule has 0 atom stereocenters. The summed E-state index contributed by atoms with van der Waals surface area (Å²) in [5.74, 6) is 0. The molecule has 20 heavy (non-hydrogen) atoms. The van der Waals surface area contributed by atoms with Gasteiger partial charge >= 0.3 is 0 Å². The predicted octanol–water partition coefficient (Wildman–Crippen LogP) is 2.98. The largest absolute Gasteiger partial charge is 0.345 e. The lowest BCUT2D eigenvalue weighted by Crippen LogP contribution is -2.26. The minimum atomic E-state index is 1.00. The minimum Gasteiger partial charge on any atom is -0.345 e. The Bertz CT molecular complexity index is 819. The molecule has 0 aromatic heterocycles. The van der Waals surface area contributed by atoms with Crippen LogP contribution in [0.25, 0.3) is 5.57 Å². The highest BCUT2D eigenvalue weighted by Crippen LogP contribution is 2.28. The van der Waals surface area contributed by atoms with Crippen molar-refractivity contribution in [3.8, 4) is 0 Å². The van der Waals surface area contributed by atoms with Crippen LogP contribution in [-0.2, 0) is 0 Å². The van der Waals surface area contributed by atoms with E-state index in [-0.39, 0.29) is 0 Å². The number of hydrogen-bond donors (Lipinski definition) is 0. The highest BCUT2D eigenvalue weighted by Gasteiger charge is 2.19. The van der Waals surface area contributed by atoms with Crippen LogP contribution >= 0.6 is 15.9 Å². The van der Waals surface area contributed by atoms with Gasteiger partial charge in [0.25, 0.3) is 0 Å². The first-order valence-electron chi connectivity index (χ1n) is 6.73. The Labute approximate surface area is 125 Å². The van der Waals surface area contributed by atoms with Crippen molar-refractivity contribution in [1.29, 1.82) is 0 Å². The molecule has 0 unspecified atom stereocenters. The van der Waals surface area contributed by atoms with Crippen molar-refractivity contribution in [1.82, 2.24) is 0 Å². The Kier molecular flexibility index (Phi) is 2.74. The van der Waals surface area contributed by atoms with Crippen molar-refractivity contribution in [3.05, 3.63) is 75.5 Å². The Morgan fingerprint density at radius 1 is 1.00 bits per heavy atom. The quantitative estimate of drug-likeness (QED) is 0.787. The summed E-state index contributed by atoms with van der Waals surface area (Å²) in [5, 5.41) is 2.40. The molecule has 98 valence electrons. The van der Waals surface area contributed by atoms with Crippen LogP contribution in [-0.4, -0.2) is 6.54 Å². The van der Waals surface area contributed by atoms with Crippen LogP contribution in [0.2, 0.25) is 0 Å². The monoisotopic (exact) mass is 324 g/mol. The van der Waals surface area contributed by atoms with Crippen LogP contribution < -0.4 is 15.5 Å². The molecule has 2 aliphatic heterocycles. The number of fused-ring (bicyclic) bond motifs is 2. The molecular formula is C17H13BrN2. The van der Waals surface area contributed by atoms with Gasteiger partial charge in [0.2, 0.25) is 0 Å². The van der Waals surface area contributed by atoms with Gasteiger partial charge in [-0.15, -0.1) is 0 Å². The summed E-state index contributed by atoms with van der Waals surface area (Å²) in [7, 11) is 0. The molecule has 0 spiro atoms. The molecule has 2 aliphatic rings. The Morgan fingerprint density at radius 3 is 2.65 bits per heavy atom. The zero-order chi connectivity index (χ0) is 13.5. The second-order valence-electron chi connectivity index (χ2n) is 5.04. The van der Waals surface area contributed by atoms with Gasteiger partial charge in [0.05, 0.1) is 11.1 Å². The maximum Gasteiger partial charge on any atom is 0.0838 e. The highest BCUT2D eigenvalue weighted by molar-refractivity contribution is 9.10. The van der Waals surface area contributed by atoms with Crippen molar-refractivity contribution in [2.24, 2.45) is 4.99 Å². The molecule has 0 N–H and O–H groups in total. The van der Waals surface area contributed by atoms with E-state index in [0.717, 1.165) is 28.5 Å². The summed E-state index contributed by atoms with van der Waals surface area (Å²) in [6.07, 6.45) is 3.21. The predicted molar refractivity (Wildman–Crippen MR) is 84.8 cm³/mol. The molecule has 0 radical (unpaired) electrons. The van der Waals surface area contributed by atoms with E-state index < -0.39 is 0 Å². The third-order valence-electron chi connectivity index (χ3n) is 3.82. The van der Waals surface area contributed by atoms with E-state index in [1.54, 1.807) is 0 Å². The van der Waals surface area contributed by atoms with Crippen molar-refractivity contribution in [3.63, 3.8) is 0 Å². The van der Waals surface area contributed by atoms with Gasteiger partial charge in [-0.05, 0) is 42.3 Å². The fourth-order valence-corrected chi connectivity index (χ4v) is 3.08. The number of anilines is 1. The average molecular weight is 325 g/mol. The summed E-state index contributed by atoms with van der Waals surface area (Å²) in [6, 6.07) is 16.8. The van der Waals surface area contributed by atoms with Crippen LogP contribution in [0.1, 0.15) is 6.42 Å². The first kappa shape index (κ1) is 11.9. The van der Waals surface area contributed by atoms with Gasteiger partial charge in [-0.25, -0.2) is 4.99 Å². The molecule has 4 rings (SSSR count). The van der Waals surface area contributed by atoms with Crippen molar-refractivity contribution >= 4 is 27.2 Å². The first-order chi connectivity index (χ1) is 9.81. The number of halogens is 1. The van der Waals surface area contributed by atoms with Gasteiger partial charge in [-0.3, -0.25) is 0 Å². The van der Waals surface area contributed by atoms with Crippen molar-refractivity contribution in [2.45, 2.75) is 6.42 Å². The molecule has 2 aromatic carbocycles. The normalized spacial score (nSPS) is 16.4. The SMILES string of the molecule is Brc1ccc(N2C=C3N=c4ccccc4=C3CC2)cc1.